The fourth-order valence-electron chi connectivity index (χ4n) is 1.85. The summed E-state index contributed by atoms with van der Waals surface area (Å²) in [6.07, 6.45) is 0. The lowest BCUT2D eigenvalue weighted by Gasteiger charge is -2.15. The average Bonchev–Trinajstić information content (AvgIpc) is 2.39. The molecule has 0 nitrogen and oxygen atoms in total. The Morgan fingerprint density at radius 3 is 1.94 bits per heavy atom. The molecule has 0 fully saturated rings. The topological polar surface area (TPSA) is 0 Å². The minimum absolute atomic E-state index is 0.364. The maximum absolute atomic E-state index is 4.20. The van der Waals surface area contributed by atoms with Crippen molar-refractivity contribution < 1.29 is 0 Å². The van der Waals surface area contributed by atoms with Crippen molar-refractivity contribution in [1.82, 2.24) is 0 Å². The number of hydrogen-bond donors (Lipinski definition) is 0. The lowest BCUT2D eigenvalue weighted by atomic mass is 9.89. The second-order valence-corrected chi connectivity index (χ2v) is 4.02. The summed E-state index contributed by atoms with van der Waals surface area (Å²) in [7, 11) is 0. The lowest BCUT2D eigenvalue weighted by molar-refractivity contribution is 0.992. The van der Waals surface area contributed by atoms with Gasteiger partial charge in [0.25, 0.3) is 0 Å². The van der Waals surface area contributed by atoms with Crippen molar-refractivity contribution in [3.05, 3.63) is 78.4 Å². The standard InChI is InChI=1S/C16H16/c1-13(15-9-5-3-6-10-15)14(2)16-11-7-4-8-12-16/h3-12,14H,1H2,2H3/t14-/m1/s1. The number of benzene rings is 2. The van der Waals surface area contributed by atoms with E-state index in [1.54, 1.807) is 0 Å². The molecule has 0 heterocycles. The summed E-state index contributed by atoms with van der Waals surface area (Å²) in [5.74, 6) is 0.364. The van der Waals surface area contributed by atoms with E-state index in [-0.39, 0.29) is 0 Å². The van der Waals surface area contributed by atoms with E-state index < -0.39 is 0 Å². The van der Waals surface area contributed by atoms with Crippen LogP contribution in [0.2, 0.25) is 0 Å². The van der Waals surface area contributed by atoms with Crippen LogP contribution in [-0.4, -0.2) is 0 Å². The van der Waals surface area contributed by atoms with E-state index in [0.29, 0.717) is 5.92 Å². The average molecular weight is 208 g/mol. The van der Waals surface area contributed by atoms with Crippen LogP contribution in [-0.2, 0) is 0 Å². The van der Waals surface area contributed by atoms with Gasteiger partial charge in [0.2, 0.25) is 0 Å². The Labute approximate surface area is 97.3 Å². The zero-order valence-corrected chi connectivity index (χ0v) is 9.56. The van der Waals surface area contributed by atoms with E-state index >= 15 is 0 Å². The molecule has 0 aliphatic heterocycles. The van der Waals surface area contributed by atoms with Gasteiger partial charge in [-0.05, 0) is 16.7 Å². The SMILES string of the molecule is C=C(c1ccccc1)[C@@H](C)c1ccccc1. The van der Waals surface area contributed by atoms with Gasteiger partial charge in [-0.2, -0.15) is 0 Å². The first-order valence-electron chi connectivity index (χ1n) is 5.58. The predicted octanol–water partition coefficient (Wildman–Crippen LogP) is 4.50. The van der Waals surface area contributed by atoms with Gasteiger partial charge in [-0.1, -0.05) is 74.2 Å². The van der Waals surface area contributed by atoms with Crippen LogP contribution in [0, 0.1) is 0 Å². The van der Waals surface area contributed by atoms with Crippen molar-refractivity contribution in [2.45, 2.75) is 12.8 Å². The molecule has 0 unspecified atom stereocenters. The molecule has 0 radical (unpaired) electrons. The minimum Gasteiger partial charge on any atom is -0.0946 e. The number of hydrogen-bond acceptors (Lipinski definition) is 0. The fraction of sp³-hybridized carbons (Fsp3) is 0.125. The van der Waals surface area contributed by atoms with Crippen LogP contribution < -0.4 is 0 Å². The summed E-state index contributed by atoms with van der Waals surface area (Å²) in [6.45, 7) is 6.40. The third-order valence-corrected chi connectivity index (χ3v) is 2.97. The van der Waals surface area contributed by atoms with Gasteiger partial charge in [0.05, 0.1) is 0 Å². The molecule has 0 saturated carbocycles. The first-order valence-corrected chi connectivity index (χ1v) is 5.58. The van der Waals surface area contributed by atoms with E-state index in [2.05, 4.69) is 62.0 Å². The van der Waals surface area contributed by atoms with E-state index in [1.807, 2.05) is 12.1 Å². The molecule has 0 saturated heterocycles. The number of rotatable bonds is 3. The zero-order valence-electron chi connectivity index (χ0n) is 9.56. The molecule has 0 spiro atoms. The summed E-state index contributed by atoms with van der Waals surface area (Å²) in [6, 6.07) is 20.9. The van der Waals surface area contributed by atoms with Gasteiger partial charge in [-0.3, -0.25) is 0 Å². The molecule has 0 amide bonds. The summed E-state index contributed by atoms with van der Waals surface area (Å²) >= 11 is 0. The molecule has 0 aliphatic rings. The van der Waals surface area contributed by atoms with Crippen molar-refractivity contribution in [3.8, 4) is 0 Å². The smallest absolute Gasteiger partial charge is 0.00610 e. The molecule has 1 atom stereocenters. The summed E-state index contributed by atoms with van der Waals surface area (Å²) < 4.78 is 0. The summed E-state index contributed by atoms with van der Waals surface area (Å²) in [5.41, 5.74) is 3.71. The molecule has 0 aliphatic carbocycles. The second-order valence-electron chi connectivity index (χ2n) is 4.02. The zero-order chi connectivity index (χ0) is 11.4. The van der Waals surface area contributed by atoms with Crippen LogP contribution >= 0.6 is 0 Å². The Balaban J connectivity index is 2.24. The van der Waals surface area contributed by atoms with Gasteiger partial charge >= 0.3 is 0 Å². The molecule has 16 heavy (non-hydrogen) atoms. The highest BCUT2D eigenvalue weighted by Crippen LogP contribution is 2.29. The van der Waals surface area contributed by atoms with E-state index in [9.17, 15) is 0 Å². The van der Waals surface area contributed by atoms with Crippen molar-refractivity contribution in [2.24, 2.45) is 0 Å². The predicted molar refractivity (Wildman–Crippen MR) is 70.3 cm³/mol. The van der Waals surface area contributed by atoms with Crippen LogP contribution in [0.25, 0.3) is 5.57 Å². The molecule has 0 aromatic heterocycles. The highest BCUT2D eigenvalue weighted by atomic mass is 14.1. The van der Waals surface area contributed by atoms with Crippen molar-refractivity contribution in [1.29, 1.82) is 0 Å². The first kappa shape index (κ1) is 10.7. The van der Waals surface area contributed by atoms with Crippen LogP contribution in [0.1, 0.15) is 24.0 Å². The monoisotopic (exact) mass is 208 g/mol. The van der Waals surface area contributed by atoms with Gasteiger partial charge in [-0.15, -0.1) is 0 Å². The summed E-state index contributed by atoms with van der Waals surface area (Å²) in [4.78, 5) is 0. The number of allylic oxidation sites excluding steroid dienone is 1. The van der Waals surface area contributed by atoms with Crippen LogP contribution in [0.4, 0.5) is 0 Å². The van der Waals surface area contributed by atoms with Gasteiger partial charge < -0.3 is 0 Å². The molecular formula is C16H16. The maximum atomic E-state index is 4.20. The quantitative estimate of drug-likeness (QED) is 0.696. The normalized spacial score (nSPS) is 12.1. The Hall–Kier alpha value is -1.82. The van der Waals surface area contributed by atoms with Crippen molar-refractivity contribution >= 4 is 5.57 Å². The van der Waals surface area contributed by atoms with Crippen LogP contribution in [0.15, 0.2) is 67.2 Å². The first-order chi connectivity index (χ1) is 7.79. The molecule has 80 valence electrons. The van der Waals surface area contributed by atoms with Gasteiger partial charge in [0.1, 0.15) is 0 Å². The second kappa shape index (κ2) is 4.80. The Kier molecular flexibility index (Phi) is 3.21. The molecule has 0 heteroatoms. The highest BCUT2D eigenvalue weighted by molar-refractivity contribution is 5.69. The van der Waals surface area contributed by atoms with Crippen molar-refractivity contribution in [2.75, 3.05) is 0 Å². The highest BCUT2D eigenvalue weighted by Gasteiger charge is 2.10. The van der Waals surface area contributed by atoms with Crippen LogP contribution in [0.3, 0.4) is 0 Å². The van der Waals surface area contributed by atoms with Gasteiger partial charge in [0, 0.05) is 5.92 Å². The van der Waals surface area contributed by atoms with Gasteiger partial charge in [-0.25, -0.2) is 0 Å². The fourth-order valence-corrected chi connectivity index (χ4v) is 1.85. The van der Waals surface area contributed by atoms with E-state index in [0.717, 1.165) is 0 Å². The summed E-state index contributed by atoms with van der Waals surface area (Å²) in [5, 5.41) is 0. The molecular weight excluding hydrogens is 192 g/mol. The molecule has 2 aromatic carbocycles. The van der Waals surface area contributed by atoms with Crippen LogP contribution in [0.5, 0.6) is 0 Å². The maximum Gasteiger partial charge on any atom is 0.00610 e. The van der Waals surface area contributed by atoms with Gasteiger partial charge in [0.15, 0.2) is 0 Å². The lowest BCUT2D eigenvalue weighted by Crippen LogP contribution is -1.96. The van der Waals surface area contributed by atoms with Crippen molar-refractivity contribution in [3.63, 3.8) is 0 Å². The third kappa shape index (κ3) is 2.22. The molecule has 0 bridgehead atoms. The molecule has 2 aromatic rings. The minimum atomic E-state index is 0.364. The Bertz CT molecular complexity index is 454. The molecule has 0 N–H and O–H groups in total. The Morgan fingerprint density at radius 2 is 1.38 bits per heavy atom. The van der Waals surface area contributed by atoms with E-state index in [1.165, 1.54) is 16.7 Å². The van der Waals surface area contributed by atoms with E-state index in [4.69, 9.17) is 0 Å². The Morgan fingerprint density at radius 1 is 0.875 bits per heavy atom. The molecule has 2 rings (SSSR count). The third-order valence-electron chi connectivity index (χ3n) is 2.97. The largest absolute Gasteiger partial charge is 0.0946 e.